The molecule has 5 heteroatoms. The second-order valence-corrected chi connectivity index (χ2v) is 6.72. The van der Waals surface area contributed by atoms with E-state index in [9.17, 15) is 9.18 Å². The maximum atomic E-state index is 13.7. The molecule has 1 N–H and O–H groups in total. The number of hydrogen-bond acceptors (Lipinski definition) is 3. The Balaban J connectivity index is 1.52. The van der Waals surface area contributed by atoms with Crippen LogP contribution in [0.2, 0.25) is 0 Å². The third-order valence-electron chi connectivity index (χ3n) is 4.87. The molecule has 0 bridgehead atoms. The lowest BCUT2D eigenvalue weighted by atomic mass is 9.91. The Morgan fingerprint density at radius 3 is 2.96 bits per heavy atom. The Labute approximate surface area is 148 Å². The van der Waals surface area contributed by atoms with Crippen LogP contribution in [0.15, 0.2) is 40.8 Å². The van der Waals surface area contributed by atoms with Crippen LogP contribution in [0.1, 0.15) is 41.1 Å². The van der Waals surface area contributed by atoms with Crippen LogP contribution in [0, 0.1) is 11.7 Å². The predicted molar refractivity (Wildman–Crippen MR) is 94.8 cm³/mol. The number of aryl methyl sites for hydroxylation is 1. The Kier molecular flexibility index (Phi) is 5.87. The molecule has 3 rings (SSSR count). The molecule has 0 saturated carbocycles. The van der Waals surface area contributed by atoms with Crippen molar-refractivity contribution in [2.75, 3.05) is 20.1 Å². The van der Waals surface area contributed by atoms with Gasteiger partial charge in [0, 0.05) is 13.6 Å². The van der Waals surface area contributed by atoms with Crippen LogP contribution in [0.4, 0.5) is 4.39 Å². The van der Waals surface area contributed by atoms with Gasteiger partial charge in [0.15, 0.2) is 5.76 Å². The number of nitrogens with one attached hydrogen (secondary N) is 1. The van der Waals surface area contributed by atoms with E-state index in [1.807, 2.05) is 18.2 Å². The molecular weight excluding hydrogens is 319 g/mol. The summed E-state index contributed by atoms with van der Waals surface area (Å²) >= 11 is 0. The Bertz CT molecular complexity index is 713. The van der Waals surface area contributed by atoms with Gasteiger partial charge in [-0.25, -0.2) is 4.39 Å². The first-order chi connectivity index (χ1) is 12.2. The smallest absolute Gasteiger partial charge is 0.286 e. The van der Waals surface area contributed by atoms with Crippen molar-refractivity contribution in [3.8, 4) is 0 Å². The molecule has 1 aliphatic rings. The third-order valence-corrected chi connectivity index (χ3v) is 4.87. The molecule has 1 amide bonds. The number of nitrogens with zero attached hydrogens (tertiary/aromatic N) is 1. The number of piperidine rings is 1. The second kappa shape index (κ2) is 8.30. The van der Waals surface area contributed by atoms with Gasteiger partial charge in [0.2, 0.25) is 0 Å². The summed E-state index contributed by atoms with van der Waals surface area (Å²) in [5.41, 5.74) is 0.806. The highest BCUT2D eigenvalue weighted by Crippen LogP contribution is 2.24. The van der Waals surface area contributed by atoms with Gasteiger partial charge in [-0.3, -0.25) is 9.69 Å². The minimum absolute atomic E-state index is 0.104. The van der Waals surface area contributed by atoms with E-state index in [1.54, 1.807) is 19.2 Å². The molecule has 2 aromatic rings. The molecule has 2 heterocycles. The largest absolute Gasteiger partial charge is 0.455 e. The van der Waals surface area contributed by atoms with Gasteiger partial charge in [-0.1, -0.05) is 18.2 Å². The van der Waals surface area contributed by atoms with Crippen LogP contribution in [0.25, 0.3) is 0 Å². The highest BCUT2D eigenvalue weighted by Gasteiger charge is 2.21. The van der Waals surface area contributed by atoms with Crippen molar-refractivity contribution in [2.24, 2.45) is 5.92 Å². The van der Waals surface area contributed by atoms with Crippen LogP contribution in [0.5, 0.6) is 0 Å². The first-order valence-corrected chi connectivity index (χ1v) is 8.92. The summed E-state index contributed by atoms with van der Waals surface area (Å²) in [5.74, 6) is 1.43. The molecule has 0 aliphatic carbocycles. The Morgan fingerprint density at radius 2 is 2.16 bits per heavy atom. The topological polar surface area (TPSA) is 45.5 Å². The van der Waals surface area contributed by atoms with Crippen molar-refractivity contribution < 1.29 is 13.6 Å². The lowest BCUT2D eigenvalue weighted by Gasteiger charge is -2.32. The standard InChI is InChI=1S/C20H25FN2O2/c1-22-20(24)19-11-10-17(25-19)14-23-12-4-5-15(13-23)8-9-16-6-2-3-7-18(16)21/h2-3,6-7,10-11,15H,4-5,8-9,12-14H2,1H3,(H,22,24)/t15-/m0/s1. The summed E-state index contributed by atoms with van der Waals surface area (Å²) in [6.07, 6.45) is 4.11. The molecule has 1 fully saturated rings. The second-order valence-electron chi connectivity index (χ2n) is 6.72. The van der Waals surface area contributed by atoms with E-state index < -0.39 is 0 Å². The number of benzene rings is 1. The Hall–Kier alpha value is -2.14. The van der Waals surface area contributed by atoms with Crippen molar-refractivity contribution in [1.29, 1.82) is 0 Å². The number of hydrogen-bond donors (Lipinski definition) is 1. The zero-order valence-corrected chi connectivity index (χ0v) is 14.6. The molecule has 0 radical (unpaired) electrons. The molecule has 4 nitrogen and oxygen atoms in total. The van der Waals surface area contributed by atoms with E-state index >= 15 is 0 Å². The summed E-state index contributed by atoms with van der Waals surface area (Å²) < 4.78 is 19.4. The lowest BCUT2D eigenvalue weighted by Crippen LogP contribution is -2.35. The van der Waals surface area contributed by atoms with Gasteiger partial charge in [0.1, 0.15) is 11.6 Å². The van der Waals surface area contributed by atoms with Crippen LogP contribution in [-0.2, 0) is 13.0 Å². The van der Waals surface area contributed by atoms with Crippen molar-refractivity contribution in [3.63, 3.8) is 0 Å². The summed E-state index contributed by atoms with van der Waals surface area (Å²) in [6.45, 7) is 2.74. The molecule has 0 unspecified atom stereocenters. The number of amides is 1. The van der Waals surface area contributed by atoms with Gasteiger partial charge in [0.25, 0.3) is 5.91 Å². The van der Waals surface area contributed by atoms with Crippen molar-refractivity contribution in [2.45, 2.75) is 32.2 Å². The van der Waals surface area contributed by atoms with Crippen LogP contribution < -0.4 is 5.32 Å². The van der Waals surface area contributed by atoms with E-state index in [0.717, 1.165) is 43.7 Å². The number of rotatable bonds is 6. The average molecular weight is 344 g/mol. The van der Waals surface area contributed by atoms with Crippen LogP contribution >= 0.6 is 0 Å². The monoisotopic (exact) mass is 344 g/mol. The minimum atomic E-state index is -0.201. The third kappa shape index (κ3) is 4.69. The maximum absolute atomic E-state index is 13.7. The fraction of sp³-hybridized carbons (Fsp3) is 0.450. The molecule has 1 aliphatic heterocycles. The zero-order chi connectivity index (χ0) is 17.6. The lowest BCUT2D eigenvalue weighted by molar-refractivity contribution is 0.0929. The average Bonchev–Trinajstić information content (AvgIpc) is 3.09. The number of likely N-dealkylation sites (tertiary alicyclic amines) is 1. The molecule has 1 aromatic heterocycles. The quantitative estimate of drug-likeness (QED) is 0.870. The summed E-state index contributed by atoms with van der Waals surface area (Å²) in [7, 11) is 1.59. The number of carbonyl (C=O) groups excluding carboxylic acids is 1. The summed E-state index contributed by atoms with van der Waals surface area (Å²) in [5, 5.41) is 2.57. The Morgan fingerprint density at radius 1 is 1.32 bits per heavy atom. The van der Waals surface area contributed by atoms with Crippen LogP contribution in [-0.4, -0.2) is 30.9 Å². The maximum Gasteiger partial charge on any atom is 0.286 e. The van der Waals surface area contributed by atoms with Crippen molar-refractivity contribution >= 4 is 5.91 Å². The zero-order valence-electron chi connectivity index (χ0n) is 14.6. The molecule has 1 atom stereocenters. The molecule has 1 saturated heterocycles. The van der Waals surface area contributed by atoms with Gasteiger partial charge < -0.3 is 9.73 Å². The van der Waals surface area contributed by atoms with E-state index in [-0.39, 0.29) is 11.7 Å². The first kappa shape index (κ1) is 17.7. The van der Waals surface area contributed by atoms with Crippen molar-refractivity contribution in [3.05, 3.63) is 59.3 Å². The predicted octanol–water partition coefficient (Wildman–Crippen LogP) is 3.62. The number of halogens is 1. The van der Waals surface area contributed by atoms with Gasteiger partial charge >= 0.3 is 0 Å². The fourth-order valence-corrected chi connectivity index (χ4v) is 3.52. The fourth-order valence-electron chi connectivity index (χ4n) is 3.52. The van der Waals surface area contributed by atoms with Gasteiger partial charge in [-0.2, -0.15) is 0 Å². The van der Waals surface area contributed by atoms with Gasteiger partial charge in [-0.15, -0.1) is 0 Å². The highest BCUT2D eigenvalue weighted by atomic mass is 19.1. The summed E-state index contributed by atoms with van der Waals surface area (Å²) in [4.78, 5) is 13.9. The minimum Gasteiger partial charge on any atom is -0.455 e. The highest BCUT2D eigenvalue weighted by molar-refractivity contribution is 5.91. The number of carbonyl (C=O) groups is 1. The molecule has 134 valence electrons. The van der Waals surface area contributed by atoms with Gasteiger partial charge in [-0.05, 0) is 61.9 Å². The van der Waals surface area contributed by atoms with E-state index in [0.29, 0.717) is 18.2 Å². The number of furan rings is 1. The SMILES string of the molecule is CNC(=O)c1ccc(CN2CCC[C@@H](CCc3ccccc3F)C2)o1. The van der Waals surface area contributed by atoms with Crippen molar-refractivity contribution in [1.82, 2.24) is 10.2 Å². The molecule has 0 spiro atoms. The van der Waals surface area contributed by atoms with E-state index in [1.165, 1.54) is 12.5 Å². The van der Waals surface area contributed by atoms with E-state index in [2.05, 4.69) is 10.2 Å². The molecule has 1 aromatic carbocycles. The first-order valence-electron chi connectivity index (χ1n) is 8.92. The van der Waals surface area contributed by atoms with E-state index in [4.69, 9.17) is 4.42 Å². The summed E-state index contributed by atoms with van der Waals surface area (Å²) in [6, 6.07) is 10.6. The van der Waals surface area contributed by atoms with Crippen LogP contribution in [0.3, 0.4) is 0 Å². The normalized spacial score (nSPS) is 18.2. The molecular formula is C20H25FN2O2. The molecule has 25 heavy (non-hydrogen) atoms. The van der Waals surface area contributed by atoms with Gasteiger partial charge in [0.05, 0.1) is 6.54 Å².